The van der Waals surface area contributed by atoms with Crippen LogP contribution in [0.1, 0.15) is 5.56 Å². The molecule has 0 bridgehead atoms. The summed E-state index contributed by atoms with van der Waals surface area (Å²) >= 11 is 0. The van der Waals surface area contributed by atoms with E-state index in [4.69, 9.17) is 9.52 Å². The summed E-state index contributed by atoms with van der Waals surface area (Å²) in [7, 11) is 0. The van der Waals surface area contributed by atoms with E-state index in [-0.39, 0.29) is 22.7 Å². The second-order valence-electron chi connectivity index (χ2n) is 3.35. The van der Waals surface area contributed by atoms with E-state index >= 15 is 0 Å². The van der Waals surface area contributed by atoms with Gasteiger partial charge >= 0.3 is 0 Å². The maximum atomic E-state index is 9.52. The summed E-state index contributed by atoms with van der Waals surface area (Å²) in [6, 6.07) is 5.52. The Labute approximate surface area is 91.0 Å². The van der Waals surface area contributed by atoms with E-state index in [0.717, 1.165) is 0 Å². The third-order valence-electron chi connectivity index (χ3n) is 2.09. The molecular formula is C12H10O4. The molecule has 3 N–H and O–H groups in total. The standard InChI is InChI=1S/C12H10O4/c1-7-4-11(15)12(16-7)5-8-2-3-9(13)6-10(8)14/h2-6,13-15H,1H2/b12-5-. The van der Waals surface area contributed by atoms with Crippen molar-refractivity contribution in [1.29, 1.82) is 0 Å². The molecule has 4 heteroatoms. The van der Waals surface area contributed by atoms with Crippen LogP contribution >= 0.6 is 0 Å². The Hall–Kier alpha value is -2.36. The van der Waals surface area contributed by atoms with Crippen LogP contribution < -0.4 is 10.8 Å². The SMILES string of the molecule is C=c1cc(O)/c(=C/c2ccc(O)cc2O)o1. The van der Waals surface area contributed by atoms with E-state index < -0.39 is 0 Å². The number of rotatable bonds is 1. The summed E-state index contributed by atoms with van der Waals surface area (Å²) in [4.78, 5) is 0. The number of hydrogen-bond acceptors (Lipinski definition) is 4. The predicted octanol–water partition coefficient (Wildman–Crippen LogP) is 0.635. The van der Waals surface area contributed by atoms with Gasteiger partial charge in [0, 0.05) is 17.7 Å². The Morgan fingerprint density at radius 2 is 1.81 bits per heavy atom. The van der Waals surface area contributed by atoms with Crippen LogP contribution in [0.3, 0.4) is 0 Å². The molecule has 0 saturated carbocycles. The van der Waals surface area contributed by atoms with Crippen LogP contribution in [0, 0.1) is 0 Å². The first-order valence-corrected chi connectivity index (χ1v) is 4.58. The molecule has 1 aromatic heterocycles. The lowest BCUT2D eigenvalue weighted by Crippen LogP contribution is -1.98. The molecule has 0 aliphatic rings. The van der Waals surface area contributed by atoms with Crippen molar-refractivity contribution >= 4 is 12.7 Å². The van der Waals surface area contributed by atoms with Crippen molar-refractivity contribution in [2.75, 3.05) is 0 Å². The number of aromatic hydroxyl groups is 3. The van der Waals surface area contributed by atoms with Crippen molar-refractivity contribution in [2.45, 2.75) is 0 Å². The predicted molar refractivity (Wildman–Crippen MR) is 58.5 cm³/mol. The maximum Gasteiger partial charge on any atom is 0.169 e. The molecule has 0 spiro atoms. The first-order chi connectivity index (χ1) is 7.56. The highest BCUT2D eigenvalue weighted by atomic mass is 16.4. The molecule has 4 nitrogen and oxygen atoms in total. The summed E-state index contributed by atoms with van der Waals surface area (Å²) in [6.45, 7) is 3.53. The number of benzene rings is 1. The van der Waals surface area contributed by atoms with Crippen molar-refractivity contribution in [3.63, 3.8) is 0 Å². The van der Waals surface area contributed by atoms with E-state index in [9.17, 15) is 10.2 Å². The third kappa shape index (κ3) is 1.86. The van der Waals surface area contributed by atoms with E-state index in [1.807, 2.05) is 0 Å². The molecule has 0 atom stereocenters. The molecular weight excluding hydrogens is 208 g/mol. The fourth-order valence-corrected chi connectivity index (χ4v) is 1.35. The van der Waals surface area contributed by atoms with Crippen molar-refractivity contribution in [1.82, 2.24) is 0 Å². The second-order valence-corrected chi connectivity index (χ2v) is 3.35. The minimum absolute atomic E-state index is 0.0313. The van der Waals surface area contributed by atoms with Gasteiger partial charge in [0.1, 0.15) is 16.9 Å². The van der Waals surface area contributed by atoms with E-state index in [0.29, 0.717) is 11.0 Å². The van der Waals surface area contributed by atoms with Gasteiger partial charge < -0.3 is 19.7 Å². The fourth-order valence-electron chi connectivity index (χ4n) is 1.35. The normalized spacial score (nSPS) is 11.9. The zero-order valence-electron chi connectivity index (χ0n) is 8.34. The van der Waals surface area contributed by atoms with Gasteiger partial charge in [0.05, 0.1) is 0 Å². The summed E-state index contributed by atoms with van der Waals surface area (Å²) in [6.07, 6.45) is 1.46. The van der Waals surface area contributed by atoms with Crippen LogP contribution in [0.2, 0.25) is 0 Å². The Balaban J connectivity index is 2.59. The molecule has 2 rings (SSSR count). The van der Waals surface area contributed by atoms with Gasteiger partial charge in [-0.05, 0) is 18.2 Å². The number of phenolic OH excluding ortho intramolecular Hbond substituents is 2. The highest BCUT2D eigenvalue weighted by Crippen LogP contribution is 2.23. The van der Waals surface area contributed by atoms with E-state index in [1.165, 1.54) is 30.3 Å². The lowest BCUT2D eigenvalue weighted by atomic mass is 10.2. The average Bonchev–Trinajstić information content (AvgIpc) is 2.50. The highest BCUT2D eigenvalue weighted by molar-refractivity contribution is 5.58. The van der Waals surface area contributed by atoms with Gasteiger partial charge in [-0.15, -0.1) is 0 Å². The van der Waals surface area contributed by atoms with Gasteiger partial charge in [0.15, 0.2) is 11.2 Å². The van der Waals surface area contributed by atoms with Crippen molar-refractivity contribution in [2.24, 2.45) is 0 Å². The Morgan fingerprint density at radius 3 is 2.38 bits per heavy atom. The second kappa shape index (κ2) is 3.66. The van der Waals surface area contributed by atoms with Crippen LogP contribution in [0.15, 0.2) is 28.7 Å². The summed E-state index contributed by atoms with van der Waals surface area (Å²) < 4.78 is 5.11. The molecule has 16 heavy (non-hydrogen) atoms. The molecule has 0 radical (unpaired) electrons. The van der Waals surface area contributed by atoms with Gasteiger partial charge in [-0.1, -0.05) is 6.58 Å². The fraction of sp³-hybridized carbons (Fsp3) is 0. The van der Waals surface area contributed by atoms with Gasteiger partial charge in [0.2, 0.25) is 0 Å². The summed E-state index contributed by atoms with van der Waals surface area (Å²) in [5.41, 5.74) is 0.982. The van der Waals surface area contributed by atoms with Crippen LogP contribution in [0.4, 0.5) is 0 Å². The van der Waals surface area contributed by atoms with Crippen molar-refractivity contribution < 1.29 is 19.7 Å². The van der Waals surface area contributed by atoms with E-state index in [2.05, 4.69) is 6.58 Å². The molecule has 0 unspecified atom stereocenters. The third-order valence-corrected chi connectivity index (χ3v) is 2.09. The number of hydrogen-bond donors (Lipinski definition) is 3. The molecule has 1 aromatic carbocycles. The molecule has 82 valence electrons. The lowest BCUT2D eigenvalue weighted by Gasteiger charge is -1.98. The number of phenols is 2. The minimum atomic E-state index is -0.0959. The minimum Gasteiger partial charge on any atom is -0.508 e. The molecule has 1 heterocycles. The van der Waals surface area contributed by atoms with Crippen LogP contribution in [-0.2, 0) is 0 Å². The monoisotopic (exact) mass is 218 g/mol. The summed E-state index contributed by atoms with van der Waals surface area (Å²) in [5, 5.41) is 28.1. The summed E-state index contributed by atoms with van der Waals surface area (Å²) in [5.74, 6) is -0.171. The van der Waals surface area contributed by atoms with Gasteiger partial charge in [-0.2, -0.15) is 0 Å². The van der Waals surface area contributed by atoms with Crippen LogP contribution in [-0.4, -0.2) is 15.3 Å². The quantitative estimate of drug-likeness (QED) is 0.656. The smallest absolute Gasteiger partial charge is 0.169 e. The molecule has 0 aliphatic heterocycles. The van der Waals surface area contributed by atoms with Crippen LogP contribution in [0.25, 0.3) is 12.7 Å². The zero-order chi connectivity index (χ0) is 11.7. The van der Waals surface area contributed by atoms with Crippen molar-refractivity contribution in [3.05, 3.63) is 40.7 Å². The molecule has 0 saturated heterocycles. The van der Waals surface area contributed by atoms with Gasteiger partial charge in [-0.3, -0.25) is 0 Å². The Bertz CT molecular complexity index is 625. The topological polar surface area (TPSA) is 73.8 Å². The highest BCUT2D eigenvalue weighted by Gasteiger charge is 2.02. The van der Waals surface area contributed by atoms with Crippen LogP contribution in [0.5, 0.6) is 17.2 Å². The molecule has 2 aromatic rings. The largest absolute Gasteiger partial charge is 0.508 e. The van der Waals surface area contributed by atoms with Crippen molar-refractivity contribution in [3.8, 4) is 17.2 Å². The Morgan fingerprint density at radius 1 is 1.06 bits per heavy atom. The first kappa shape index (κ1) is 10.2. The maximum absolute atomic E-state index is 9.52. The lowest BCUT2D eigenvalue weighted by molar-refractivity contribution is 0.435. The van der Waals surface area contributed by atoms with Gasteiger partial charge in [0.25, 0.3) is 0 Å². The molecule has 0 amide bonds. The Kier molecular flexibility index (Phi) is 2.32. The first-order valence-electron chi connectivity index (χ1n) is 4.58. The molecule has 0 fully saturated rings. The zero-order valence-corrected chi connectivity index (χ0v) is 8.34. The van der Waals surface area contributed by atoms with E-state index in [1.54, 1.807) is 0 Å². The van der Waals surface area contributed by atoms with Gasteiger partial charge in [-0.25, -0.2) is 0 Å². The molecule has 0 aliphatic carbocycles. The number of furan rings is 1. The average molecular weight is 218 g/mol.